The van der Waals surface area contributed by atoms with E-state index in [4.69, 9.17) is 11.5 Å². The van der Waals surface area contributed by atoms with Crippen LogP contribution in [0.2, 0.25) is 0 Å². The fraction of sp³-hybridized carbons (Fsp3) is 0.560. The summed E-state index contributed by atoms with van der Waals surface area (Å²) in [6, 6.07) is 3.46. The van der Waals surface area contributed by atoms with Gasteiger partial charge in [-0.2, -0.15) is 0 Å². The Bertz CT molecular complexity index is 2180. The van der Waals surface area contributed by atoms with E-state index in [-0.39, 0.29) is 69.2 Å². The quantitative estimate of drug-likeness (QED) is 0.0410. The van der Waals surface area contributed by atoms with E-state index in [9.17, 15) is 63.3 Å². The Labute approximate surface area is 425 Å². The second-order valence-electron chi connectivity index (χ2n) is 19.1. The first-order valence-corrected chi connectivity index (χ1v) is 24.4. The molecule has 73 heavy (non-hydrogen) atoms. The Morgan fingerprint density at radius 2 is 0.959 bits per heavy atom. The second kappa shape index (κ2) is 31.3. The normalized spacial score (nSPS) is 14.5. The summed E-state index contributed by atoms with van der Waals surface area (Å²) in [5.41, 5.74) is 12.2. The zero-order valence-corrected chi connectivity index (χ0v) is 42.7. The molecule has 23 heteroatoms. The number of phenols is 1. The number of aromatic hydroxyl groups is 1. The summed E-state index contributed by atoms with van der Waals surface area (Å²) in [6.45, 7) is 11.5. The molecule has 0 aromatic heterocycles. The average molecular weight is 1030 g/mol. The molecule has 2 rings (SSSR count). The minimum atomic E-state index is -1.76. The number of nitrogens with two attached hydrogens (primary N) is 2. The molecule has 0 fully saturated rings. The van der Waals surface area contributed by atoms with Crippen molar-refractivity contribution in [3.05, 3.63) is 65.7 Å². The molecular weight excluding hydrogens is 949 g/mol. The Balaban J connectivity index is 2.44. The van der Waals surface area contributed by atoms with Gasteiger partial charge in [0.05, 0.1) is 13.0 Å². The molecule has 15 N–H and O–H groups in total. The molecule has 8 amide bonds. The fourth-order valence-electron chi connectivity index (χ4n) is 7.47. The lowest BCUT2D eigenvalue weighted by molar-refractivity contribution is -0.143. The summed E-state index contributed by atoms with van der Waals surface area (Å²) in [6.07, 6.45) is -0.249. The zero-order chi connectivity index (χ0) is 54.9. The molecule has 0 spiro atoms. The molecule has 0 radical (unpaired) electrons. The molecule has 0 aliphatic heterocycles. The van der Waals surface area contributed by atoms with Crippen LogP contribution in [0.25, 0.3) is 0 Å². The van der Waals surface area contributed by atoms with E-state index in [0.29, 0.717) is 17.5 Å². The monoisotopic (exact) mass is 1020 g/mol. The number of benzene rings is 2. The Morgan fingerprint density at radius 3 is 1.47 bits per heavy atom. The molecule has 0 saturated carbocycles. The number of aliphatic carboxylic acids is 2. The van der Waals surface area contributed by atoms with Gasteiger partial charge in [-0.15, -0.1) is 0 Å². The summed E-state index contributed by atoms with van der Waals surface area (Å²) in [7, 11) is 0. The standard InChI is InChI=1S/C50H76N10O13/c1-27(2)21-35(54-40(62)26-52)45(67)53-30(7)43(65)56-38(25-41(63)64)48(70)55-34(15-11-12-20-51)44(66)60-42(29(5)6)49(71)58-37(24-32-16-18-33(61)19-17-32)46(68)57-36(23-31-13-9-8-10-14-31)47(69)59-39(50(72)73)22-28(3)4/h8-10,13-14,16-19,27-30,34-39,42,61H,11-12,15,20-26,51-52H2,1-7H3,(H,53,67)(H,54,62)(H,55,70)(H,56,65)(H,57,68)(H,58,71)(H,59,69)(H,60,66)(H,63,64)(H,72,73)/t30-,34-,35-,36-,37-,38-,39-,42-/m0/s1. The molecule has 0 heterocycles. The van der Waals surface area contributed by atoms with Crippen LogP contribution in [0.5, 0.6) is 5.75 Å². The van der Waals surface area contributed by atoms with Crippen LogP contribution in [0.1, 0.15) is 98.1 Å². The number of carboxylic acid groups (broad SMARTS) is 2. The largest absolute Gasteiger partial charge is 0.508 e. The van der Waals surface area contributed by atoms with E-state index in [0.717, 1.165) is 0 Å². The number of hydrogen-bond acceptors (Lipinski definition) is 13. The van der Waals surface area contributed by atoms with Gasteiger partial charge in [0.15, 0.2) is 0 Å². The van der Waals surface area contributed by atoms with Crippen LogP contribution >= 0.6 is 0 Å². The first-order valence-electron chi connectivity index (χ1n) is 24.4. The van der Waals surface area contributed by atoms with E-state index in [1.807, 2.05) is 13.8 Å². The number of carbonyl (C=O) groups is 10. The number of carbonyl (C=O) groups excluding carboxylic acids is 8. The first-order chi connectivity index (χ1) is 34.3. The average Bonchev–Trinajstić information content (AvgIpc) is 3.31. The number of nitrogens with one attached hydrogen (secondary N) is 8. The molecule has 2 aromatic rings. The minimum absolute atomic E-state index is 0.0518. The van der Waals surface area contributed by atoms with Crippen LogP contribution in [0.3, 0.4) is 0 Å². The lowest BCUT2D eigenvalue weighted by Crippen LogP contribution is -2.61. The molecule has 0 unspecified atom stereocenters. The number of rotatable bonds is 32. The van der Waals surface area contributed by atoms with Crippen molar-refractivity contribution in [2.75, 3.05) is 13.1 Å². The SMILES string of the molecule is CC(C)C[C@H](NC(=O)[C@H](Cc1ccccc1)NC(=O)[C@H](Cc1ccc(O)cc1)NC(=O)[C@@H](NC(=O)[C@H](CCCCN)NC(=O)[C@H](CC(=O)O)NC(=O)[C@H](C)NC(=O)[C@H](CC(C)C)NC(=O)CN)C(C)C)C(=O)O. The Hall–Kier alpha value is -7.14. The van der Waals surface area contributed by atoms with Crippen molar-refractivity contribution in [2.24, 2.45) is 29.2 Å². The molecule has 8 atom stereocenters. The van der Waals surface area contributed by atoms with E-state index in [1.54, 1.807) is 58.0 Å². The van der Waals surface area contributed by atoms with Crippen molar-refractivity contribution in [1.82, 2.24) is 42.5 Å². The summed E-state index contributed by atoms with van der Waals surface area (Å²) < 4.78 is 0. The predicted molar refractivity (Wildman–Crippen MR) is 269 cm³/mol. The molecule has 0 saturated heterocycles. The van der Waals surface area contributed by atoms with Crippen molar-refractivity contribution in [2.45, 2.75) is 148 Å². The maximum absolute atomic E-state index is 14.3. The highest BCUT2D eigenvalue weighted by molar-refractivity contribution is 5.98. The molecule has 404 valence electrons. The van der Waals surface area contributed by atoms with Gasteiger partial charge >= 0.3 is 11.9 Å². The maximum atomic E-state index is 14.3. The zero-order valence-electron chi connectivity index (χ0n) is 42.7. The highest BCUT2D eigenvalue weighted by Gasteiger charge is 2.36. The third-order valence-electron chi connectivity index (χ3n) is 11.4. The Morgan fingerprint density at radius 1 is 0.493 bits per heavy atom. The lowest BCUT2D eigenvalue weighted by atomic mass is 9.99. The summed E-state index contributed by atoms with van der Waals surface area (Å²) in [4.78, 5) is 133. The maximum Gasteiger partial charge on any atom is 0.326 e. The molecule has 0 aliphatic rings. The van der Waals surface area contributed by atoms with Crippen molar-refractivity contribution < 1.29 is 63.3 Å². The second-order valence-corrected chi connectivity index (χ2v) is 19.1. The molecule has 23 nitrogen and oxygen atoms in total. The van der Waals surface area contributed by atoms with Gasteiger partial charge in [0.1, 0.15) is 54.1 Å². The Kier molecular flexibility index (Phi) is 26.6. The van der Waals surface area contributed by atoms with E-state index in [2.05, 4.69) is 42.5 Å². The van der Waals surface area contributed by atoms with Gasteiger partial charge in [-0.25, -0.2) is 4.79 Å². The van der Waals surface area contributed by atoms with Crippen molar-refractivity contribution in [3.63, 3.8) is 0 Å². The lowest BCUT2D eigenvalue weighted by Gasteiger charge is -2.29. The third kappa shape index (κ3) is 22.9. The van der Waals surface area contributed by atoms with Gasteiger partial charge in [-0.1, -0.05) is 84.0 Å². The molecule has 0 aliphatic carbocycles. The number of amides is 8. The van der Waals surface area contributed by atoms with Gasteiger partial charge in [0.25, 0.3) is 0 Å². The summed E-state index contributed by atoms with van der Waals surface area (Å²) >= 11 is 0. The smallest absolute Gasteiger partial charge is 0.326 e. The van der Waals surface area contributed by atoms with E-state index in [1.165, 1.54) is 31.2 Å². The van der Waals surface area contributed by atoms with Crippen LogP contribution in [0.15, 0.2) is 54.6 Å². The highest BCUT2D eigenvalue weighted by Crippen LogP contribution is 2.15. The van der Waals surface area contributed by atoms with Gasteiger partial charge in [-0.05, 0) is 86.6 Å². The van der Waals surface area contributed by atoms with Crippen molar-refractivity contribution >= 4 is 59.2 Å². The summed E-state index contributed by atoms with van der Waals surface area (Å²) in [5, 5.41) is 49.8. The van der Waals surface area contributed by atoms with Crippen LogP contribution in [0, 0.1) is 17.8 Å². The topological polar surface area (TPSA) is 380 Å². The first kappa shape index (κ1) is 62.0. The number of carboxylic acids is 2. The highest BCUT2D eigenvalue weighted by atomic mass is 16.4. The van der Waals surface area contributed by atoms with Gasteiger partial charge in [-0.3, -0.25) is 43.2 Å². The van der Waals surface area contributed by atoms with Gasteiger partial charge < -0.3 is 69.3 Å². The van der Waals surface area contributed by atoms with Crippen molar-refractivity contribution in [3.8, 4) is 5.75 Å². The van der Waals surface area contributed by atoms with Crippen molar-refractivity contribution in [1.29, 1.82) is 0 Å². The number of unbranched alkanes of at least 4 members (excludes halogenated alkanes) is 1. The van der Waals surface area contributed by atoms with E-state index < -0.39 is 120 Å². The van der Waals surface area contributed by atoms with Crippen LogP contribution in [-0.2, 0) is 60.8 Å². The van der Waals surface area contributed by atoms with Crippen LogP contribution < -0.4 is 54.0 Å². The fourth-order valence-corrected chi connectivity index (χ4v) is 7.47. The van der Waals surface area contributed by atoms with E-state index >= 15 is 0 Å². The predicted octanol–water partition coefficient (Wildman–Crippen LogP) is -0.529. The van der Waals surface area contributed by atoms with Gasteiger partial charge in [0, 0.05) is 12.8 Å². The summed E-state index contributed by atoms with van der Waals surface area (Å²) in [5.74, 6) is -10.4. The van der Waals surface area contributed by atoms with Crippen LogP contribution in [-0.4, -0.2) is 136 Å². The van der Waals surface area contributed by atoms with Crippen LogP contribution in [0.4, 0.5) is 0 Å². The number of phenolic OH excluding ortho intramolecular Hbond substituents is 1. The third-order valence-corrected chi connectivity index (χ3v) is 11.4. The molecular formula is C50H76N10O13. The minimum Gasteiger partial charge on any atom is -0.508 e. The molecule has 0 bridgehead atoms. The molecule has 2 aromatic carbocycles. The van der Waals surface area contributed by atoms with Gasteiger partial charge in [0.2, 0.25) is 47.3 Å². The number of hydrogen-bond donors (Lipinski definition) is 13.